The third-order valence-corrected chi connectivity index (χ3v) is 7.36. The lowest BCUT2D eigenvalue weighted by Crippen LogP contribution is -2.33. The zero-order valence-corrected chi connectivity index (χ0v) is 14.8. The van der Waals surface area contributed by atoms with E-state index in [9.17, 15) is 4.79 Å². The number of thiophene rings is 1. The minimum atomic E-state index is 0.119. The number of nitrogens with zero attached hydrogens (tertiary/aromatic N) is 1. The maximum Gasteiger partial charge on any atom is 0.231 e. The fourth-order valence-corrected chi connectivity index (χ4v) is 5.32. The maximum absolute atomic E-state index is 13.0. The third-order valence-electron chi connectivity index (χ3n) is 6.10. The van der Waals surface area contributed by atoms with Crippen LogP contribution in [0.3, 0.4) is 0 Å². The summed E-state index contributed by atoms with van der Waals surface area (Å²) < 4.78 is 0. The van der Waals surface area contributed by atoms with E-state index in [0.717, 1.165) is 6.54 Å². The van der Waals surface area contributed by atoms with Gasteiger partial charge in [-0.05, 0) is 55.1 Å². The molecule has 0 bridgehead atoms. The number of hydrogen-bond acceptors (Lipinski definition) is 2. The molecule has 1 aromatic heterocycles. The molecule has 0 radical (unpaired) electrons. The van der Waals surface area contributed by atoms with E-state index in [1.165, 1.54) is 41.1 Å². The fraction of sp³-hybridized carbons (Fsp3) is 0.722. The van der Waals surface area contributed by atoms with Crippen molar-refractivity contribution >= 4 is 22.2 Å². The third kappa shape index (κ3) is 2.16. The molecule has 3 heteroatoms. The minimum Gasteiger partial charge on any atom is -0.304 e. The molecule has 0 spiro atoms. The summed E-state index contributed by atoms with van der Waals surface area (Å²) in [6.45, 7) is 11.8. The number of amides is 1. The average Bonchev–Trinajstić information content (AvgIpc) is 2.75. The maximum atomic E-state index is 13.0. The van der Waals surface area contributed by atoms with Gasteiger partial charge in [0.1, 0.15) is 0 Å². The Morgan fingerprint density at radius 2 is 1.86 bits per heavy atom. The summed E-state index contributed by atoms with van der Waals surface area (Å²) in [5.74, 6) is 0.482. The van der Waals surface area contributed by atoms with Crippen LogP contribution in [-0.4, -0.2) is 12.5 Å². The number of rotatable bonds is 3. The van der Waals surface area contributed by atoms with E-state index in [1.807, 2.05) is 16.2 Å². The normalized spacial score (nSPS) is 22.7. The first kappa shape index (κ1) is 15.1. The van der Waals surface area contributed by atoms with Crippen molar-refractivity contribution in [2.24, 2.45) is 16.7 Å². The Balaban J connectivity index is 1.86. The largest absolute Gasteiger partial charge is 0.304 e. The molecule has 0 aromatic carbocycles. The van der Waals surface area contributed by atoms with Crippen LogP contribution in [0.25, 0.3) is 0 Å². The molecule has 0 aliphatic heterocycles. The van der Waals surface area contributed by atoms with Crippen LogP contribution >= 0.6 is 11.3 Å². The number of carbonyl (C=O) groups excluding carboxylic acids is 1. The number of aryl methyl sites for hydroxylation is 2. The van der Waals surface area contributed by atoms with Gasteiger partial charge in [0.2, 0.25) is 5.91 Å². The summed E-state index contributed by atoms with van der Waals surface area (Å²) in [6, 6.07) is 2.28. The van der Waals surface area contributed by atoms with Crippen molar-refractivity contribution < 1.29 is 4.79 Å². The molecule has 2 aliphatic carbocycles. The van der Waals surface area contributed by atoms with Crippen LogP contribution in [0, 0.1) is 16.7 Å². The predicted molar refractivity (Wildman–Crippen MR) is 90.0 cm³/mol. The Morgan fingerprint density at radius 1 is 1.24 bits per heavy atom. The highest BCUT2D eigenvalue weighted by Gasteiger charge is 2.68. The second-order valence-corrected chi connectivity index (χ2v) is 8.81. The summed E-state index contributed by atoms with van der Waals surface area (Å²) >= 11 is 1.85. The first-order valence-corrected chi connectivity index (χ1v) is 9.05. The van der Waals surface area contributed by atoms with Crippen molar-refractivity contribution in [1.82, 2.24) is 0 Å². The van der Waals surface area contributed by atoms with E-state index >= 15 is 0 Å². The zero-order valence-electron chi connectivity index (χ0n) is 14.0. The van der Waals surface area contributed by atoms with Crippen molar-refractivity contribution in [2.45, 2.75) is 60.3 Å². The lowest BCUT2D eigenvalue weighted by Gasteiger charge is -2.20. The molecule has 2 aliphatic rings. The standard InChI is InChI=1S/C18H27NOS/c1-6-19(16(20)15-17(2,3)18(15,4)5)14-11-12-9-7-8-10-13(12)21-14/h11,15H,6-10H2,1-5H3. The van der Waals surface area contributed by atoms with Gasteiger partial charge >= 0.3 is 0 Å². The Bertz CT molecular complexity index is 532. The molecule has 3 rings (SSSR count). The Hall–Kier alpha value is -0.830. The van der Waals surface area contributed by atoms with Gasteiger partial charge in [-0.2, -0.15) is 0 Å². The second-order valence-electron chi connectivity index (χ2n) is 7.70. The van der Waals surface area contributed by atoms with E-state index in [1.54, 1.807) is 0 Å². The van der Waals surface area contributed by atoms with E-state index < -0.39 is 0 Å². The van der Waals surface area contributed by atoms with Gasteiger partial charge in [-0.25, -0.2) is 0 Å². The van der Waals surface area contributed by atoms with E-state index in [2.05, 4.69) is 40.7 Å². The van der Waals surface area contributed by atoms with E-state index in [4.69, 9.17) is 0 Å². The van der Waals surface area contributed by atoms with Crippen molar-refractivity contribution in [3.8, 4) is 0 Å². The first-order chi connectivity index (χ1) is 9.80. The predicted octanol–water partition coefficient (Wildman–Crippen LogP) is 4.66. The topological polar surface area (TPSA) is 20.3 Å². The number of fused-ring (bicyclic) bond motifs is 1. The van der Waals surface area contributed by atoms with Crippen molar-refractivity contribution in [3.63, 3.8) is 0 Å². The molecule has 116 valence electrons. The monoisotopic (exact) mass is 305 g/mol. The van der Waals surface area contributed by atoms with Crippen LogP contribution in [0.1, 0.15) is 57.9 Å². The molecule has 1 amide bonds. The fourth-order valence-electron chi connectivity index (χ4n) is 4.00. The van der Waals surface area contributed by atoms with Gasteiger partial charge < -0.3 is 4.90 Å². The molecule has 1 aromatic rings. The number of carbonyl (C=O) groups is 1. The van der Waals surface area contributed by atoms with Gasteiger partial charge in [0, 0.05) is 17.3 Å². The van der Waals surface area contributed by atoms with E-state index in [-0.39, 0.29) is 16.7 Å². The van der Waals surface area contributed by atoms with Crippen LogP contribution in [0.2, 0.25) is 0 Å². The highest BCUT2D eigenvalue weighted by molar-refractivity contribution is 7.16. The van der Waals surface area contributed by atoms with Crippen LogP contribution in [0.4, 0.5) is 5.00 Å². The van der Waals surface area contributed by atoms with Gasteiger partial charge in [-0.1, -0.05) is 27.7 Å². The Morgan fingerprint density at radius 3 is 2.38 bits per heavy atom. The number of hydrogen-bond donors (Lipinski definition) is 0. The van der Waals surface area contributed by atoms with Crippen LogP contribution < -0.4 is 4.90 Å². The first-order valence-electron chi connectivity index (χ1n) is 8.23. The highest BCUT2D eigenvalue weighted by Crippen LogP contribution is 2.69. The quantitative estimate of drug-likeness (QED) is 0.795. The molecule has 1 fully saturated rings. The van der Waals surface area contributed by atoms with Crippen molar-refractivity contribution in [3.05, 3.63) is 16.5 Å². The van der Waals surface area contributed by atoms with Crippen LogP contribution in [-0.2, 0) is 17.6 Å². The summed E-state index contributed by atoms with van der Waals surface area (Å²) in [5.41, 5.74) is 1.73. The highest BCUT2D eigenvalue weighted by atomic mass is 32.1. The molecule has 0 saturated heterocycles. The molecule has 1 saturated carbocycles. The van der Waals surface area contributed by atoms with Gasteiger partial charge in [0.25, 0.3) is 0 Å². The van der Waals surface area contributed by atoms with Gasteiger partial charge in [0.15, 0.2) is 0 Å². The molecular weight excluding hydrogens is 278 g/mol. The van der Waals surface area contributed by atoms with Crippen molar-refractivity contribution in [1.29, 1.82) is 0 Å². The summed E-state index contributed by atoms with van der Waals surface area (Å²) in [6.07, 6.45) is 4.99. The molecule has 0 atom stereocenters. The van der Waals surface area contributed by atoms with Gasteiger partial charge in [-0.15, -0.1) is 11.3 Å². The summed E-state index contributed by atoms with van der Waals surface area (Å²) in [4.78, 5) is 16.6. The van der Waals surface area contributed by atoms with Crippen molar-refractivity contribution in [2.75, 3.05) is 11.4 Å². The minimum absolute atomic E-state index is 0.119. The SMILES string of the molecule is CCN(C(=O)C1C(C)(C)C1(C)C)c1cc2c(s1)CCCC2. The molecule has 0 N–H and O–H groups in total. The summed E-state index contributed by atoms with van der Waals surface area (Å²) in [7, 11) is 0. The second kappa shape index (κ2) is 4.84. The zero-order chi connectivity index (χ0) is 15.4. The molecule has 1 heterocycles. The van der Waals surface area contributed by atoms with E-state index in [0.29, 0.717) is 5.91 Å². The number of anilines is 1. The molecule has 0 unspecified atom stereocenters. The summed E-state index contributed by atoms with van der Waals surface area (Å²) in [5, 5.41) is 1.17. The smallest absolute Gasteiger partial charge is 0.231 e. The lowest BCUT2D eigenvalue weighted by molar-refractivity contribution is -0.120. The van der Waals surface area contributed by atoms with Crippen LogP contribution in [0.15, 0.2) is 6.07 Å². The molecule has 2 nitrogen and oxygen atoms in total. The average molecular weight is 305 g/mol. The lowest BCUT2D eigenvalue weighted by atomic mass is 9.99. The Labute approximate surface area is 132 Å². The Kier molecular flexibility index (Phi) is 3.47. The van der Waals surface area contributed by atoms with Crippen LogP contribution in [0.5, 0.6) is 0 Å². The van der Waals surface area contributed by atoms with Gasteiger partial charge in [-0.3, -0.25) is 4.79 Å². The van der Waals surface area contributed by atoms with Gasteiger partial charge in [0.05, 0.1) is 5.00 Å². The molecular formula is C18H27NOS. The molecule has 21 heavy (non-hydrogen) atoms.